The van der Waals surface area contributed by atoms with Gasteiger partial charge in [-0.25, -0.2) is 23.1 Å². The summed E-state index contributed by atoms with van der Waals surface area (Å²) < 4.78 is 47.1. The van der Waals surface area contributed by atoms with Crippen molar-refractivity contribution in [3.8, 4) is 5.75 Å². The summed E-state index contributed by atoms with van der Waals surface area (Å²) in [4.78, 5) is 60.9. The van der Waals surface area contributed by atoms with Gasteiger partial charge >= 0.3 is 5.69 Å². The molecule has 4 saturated heterocycles. The molecule has 6 aliphatic rings. The van der Waals surface area contributed by atoms with E-state index in [9.17, 15) is 28.0 Å². The number of carbonyl (C=O) groups is 3. The number of piperidine rings is 2. The Labute approximate surface area is 360 Å². The molecule has 2 bridgehead atoms. The van der Waals surface area contributed by atoms with Crippen LogP contribution in [-0.2, 0) is 21.4 Å². The maximum atomic E-state index is 14.3. The fourth-order valence-electron chi connectivity index (χ4n) is 11.4. The van der Waals surface area contributed by atoms with Gasteiger partial charge in [0, 0.05) is 39.0 Å². The molecular weight excluding hydrogens is 817 g/mol. The number of alkyl halides is 2. The van der Waals surface area contributed by atoms with Crippen LogP contribution in [0.4, 0.5) is 20.3 Å². The molecule has 17 nitrogen and oxygen atoms in total. The molecule has 63 heavy (non-hydrogen) atoms. The highest BCUT2D eigenvalue weighted by atomic mass is 19.3. The normalized spacial score (nSPS) is 26.3. The zero-order valence-corrected chi connectivity index (χ0v) is 35.1. The molecule has 2 N–H and O–H groups in total. The van der Waals surface area contributed by atoms with Crippen molar-refractivity contribution < 1.29 is 32.6 Å². The van der Waals surface area contributed by atoms with Gasteiger partial charge in [0.15, 0.2) is 11.3 Å². The largest absolute Gasteiger partial charge is 0.488 e. The molecule has 8 heterocycles. The Bertz CT molecular complexity index is 2670. The zero-order chi connectivity index (χ0) is 43.1. The highest BCUT2D eigenvalue weighted by molar-refractivity contribution is 6.08. The second-order valence-electron chi connectivity index (χ2n) is 18.7. The number of rotatable bonds is 10. The lowest BCUT2D eigenvalue weighted by atomic mass is 9.61. The molecule has 11 rings (SSSR count). The van der Waals surface area contributed by atoms with E-state index in [1.165, 1.54) is 19.8 Å². The number of hydrogen-bond donors (Lipinski definition) is 2. The van der Waals surface area contributed by atoms with Gasteiger partial charge in [0.05, 0.1) is 48.3 Å². The molecule has 332 valence electrons. The van der Waals surface area contributed by atoms with Gasteiger partial charge in [-0.3, -0.25) is 33.5 Å². The van der Waals surface area contributed by atoms with Crippen LogP contribution in [-0.4, -0.2) is 107 Å². The van der Waals surface area contributed by atoms with E-state index in [0.717, 1.165) is 89.8 Å². The number of anilines is 2. The number of amides is 3. The molecule has 3 atom stereocenters. The number of halogens is 2. The number of para-hydroxylation sites is 1. The Morgan fingerprint density at radius 3 is 2.60 bits per heavy atom. The van der Waals surface area contributed by atoms with Crippen LogP contribution in [0, 0.1) is 11.3 Å². The lowest BCUT2D eigenvalue weighted by Gasteiger charge is -2.52. The highest BCUT2D eigenvalue weighted by Gasteiger charge is 2.48. The number of nitrogens with one attached hydrogen (secondary N) is 2. The van der Waals surface area contributed by atoms with Crippen molar-refractivity contribution >= 4 is 45.9 Å². The molecular formula is C44H51F2N11O6. The van der Waals surface area contributed by atoms with E-state index >= 15 is 0 Å². The average Bonchev–Trinajstić information content (AvgIpc) is 4.11. The summed E-state index contributed by atoms with van der Waals surface area (Å²) in [6.45, 7) is 4.42. The Kier molecular flexibility index (Phi) is 9.89. The molecule has 0 radical (unpaired) electrons. The van der Waals surface area contributed by atoms with Crippen LogP contribution in [0.1, 0.15) is 105 Å². The van der Waals surface area contributed by atoms with Gasteiger partial charge in [-0.1, -0.05) is 6.07 Å². The number of benzene rings is 1. The summed E-state index contributed by atoms with van der Waals surface area (Å²) >= 11 is 0. The van der Waals surface area contributed by atoms with Crippen molar-refractivity contribution in [1.29, 1.82) is 0 Å². The zero-order valence-electron chi connectivity index (χ0n) is 35.1. The predicted molar refractivity (Wildman–Crippen MR) is 225 cm³/mol. The molecule has 4 aliphatic heterocycles. The fraction of sp³-hybridized carbons (Fsp3) is 0.568. The second kappa shape index (κ2) is 15.5. The van der Waals surface area contributed by atoms with Gasteiger partial charge < -0.3 is 24.6 Å². The molecule has 1 unspecified atom stereocenters. The standard InChI is InChI=1S/C44H51F2N11O6/c1-52-38-32(57(43(52)61)33-9-10-36(58)50-42(33)60)3-2-4-34(38)63-29-18-44(19-29)12-15-53(16-13-44)21-25-5-7-26(8-6-25)56-23-31(37(51-56)39(45)46)48-41(59)30-20-47-55-14-11-35(49-40(30)55)54-22-28-17-27(54)24-62-28/h2-4,11,14,20,23,25-29,33,39H,5-10,12-13,15-19,21-22,24H2,1H3,(H,48,59)(H,50,58,60)/t25-,26-,27-,28-,33?/m1/s1. The number of aryl methyl sites for hydroxylation is 1. The third-order valence-corrected chi connectivity index (χ3v) is 14.8. The van der Waals surface area contributed by atoms with E-state index in [4.69, 9.17) is 14.5 Å². The average molecular weight is 868 g/mol. The molecule has 2 saturated carbocycles. The number of imidazole rings is 1. The minimum absolute atomic E-state index is 0.000881. The van der Waals surface area contributed by atoms with Gasteiger partial charge in [-0.2, -0.15) is 10.2 Å². The molecule has 1 aromatic carbocycles. The van der Waals surface area contributed by atoms with Gasteiger partial charge in [0.2, 0.25) is 11.8 Å². The van der Waals surface area contributed by atoms with E-state index in [2.05, 4.69) is 30.6 Å². The third-order valence-electron chi connectivity index (χ3n) is 14.8. The number of fused-ring (bicyclic) bond motifs is 4. The monoisotopic (exact) mass is 867 g/mol. The number of likely N-dealkylation sites (tertiary alicyclic amines) is 1. The Morgan fingerprint density at radius 2 is 1.87 bits per heavy atom. The van der Waals surface area contributed by atoms with E-state index in [1.807, 2.05) is 24.3 Å². The summed E-state index contributed by atoms with van der Waals surface area (Å²) in [6.07, 6.45) is 11.1. The SMILES string of the molecule is Cn1c(=O)n(C2CCC(=O)NC2=O)c2cccc(OC3CC4(CCN(C[C@H]5CC[C@H](n6cc(NC(=O)c7cnn8ccc(N9C[C@H]%10C[C@@H]9CO%10)nc78)c(C(F)F)n6)CC5)CC4)C3)c21. The summed E-state index contributed by atoms with van der Waals surface area (Å²) in [5.74, 6) is 0.520. The van der Waals surface area contributed by atoms with Crippen LogP contribution in [0.3, 0.4) is 0 Å². The van der Waals surface area contributed by atoms with Crippen LogP contribution < -0.4 is 26.0 Å². The van der Waals surface area contributed by atoms with Gasteiger partial charge in [0.1, 0.15) is 28.7 Å². The summed E-state index contributed by atoms with van der Waals surface area (Å²) in [5.41, 5.74) is 1.30. The first-order chi connectivity index (χ1) is 30.5. The lowest BCUT2D eigenvalue weighted by Crippen LogP contribution is -2.51. The summed E-state index contributed by atoms with van der Waals surface area (Å²) in [5, 5.41) is 13.7. The predicted octanol–water partition coefficient (Wildman–Crippen LogP) is 4.78. The minimum Gasteiger partial charge on any atom is -0.488 e. The van der Waals surface area contributed by atoms with Crippen molar-refractivity contribution in [3.05, 3.63) is 64.6 Å². The first-order valence-electron chi connectivity index (χ1n) is 22.3. The second-order valence-corrected chi connectivity index (χ2v) is 18.7. The van der Waals surface area contributed by atoms with Gasteiger partial charge in [-0.05, 0) is 107 Å². The van der Waals surface area contributed by atoms with E-state index in [0.29, 0.717) is 35.0 Å². The quantitative estimate of drug-likeness (QED) is 0.185. The number of carbonyl (C=O) groups excluding carboxylic acids is 3. The molecule has 4 aromatic heterocycles. The minimum atomic E-state index is -2.86. The van der Waals surface area contributed by atoms with Crippen LogP contribution >= 0.6 is 0 Å². The van der Waals surface area contributed by atoms with Crippen LogP contribution in [0.25, 0.3) is 16.7 Å². The van der Waals surface area contributed by atoms with Crippen LogP contribution in [0.5, 0.6) is 5.75 Å². The number of morpholine rings is 1. The van der Waals surface area contributed by atoms with Crippen molar-refractivity contribution in [2.45, 2.75) is 107 Å². The number of ether oxygens (including phenoxy) is 2. The smallest absolute Gasteiger partial charge is 0.329 e. The fourth-order valence-corrected chi connectivity index (χ4v) is 11.4. The van der Waals surface area contributed by atoms with Gasteiger partial charge in [0.25, 0.3) is 12.3 Å². The maximum absolute atomic E-state index is 14.3. The van der Waals surface area contributed by atoms with Crippen molar-refractivity contribution in [3.63, 3.8) is 0 Å². The number of imide groups is 1. The first-order valence-corrected chi connectivity index (χ1v) is 22.3. The van der Waals surface area contributed by atoms with E-state index < -0.39 is 30.0 Å². The Hall–Kier alpha value is -5.69. The van der Waals surface area contributed by atoms with Gasteiger partial charge in [-0.15, -0.1) is 0 Å². The maximum Gasteiger partial charge on any atom is 0.329 e. The van der Waals surface area contributed by atoms with Crippen LogP contribution in [0.15, 0.2) is 47.7 Å². The van der Waals surface area contributed by atoms with E-state index in [1.54, 1.807) is 24.1 Å². The Morgan fingerprint density at radius 1 is 1.06 bits per heavy atom. The number of aromatic nitrogens is 7. The summed E-state index contributed by atoms with van der Waals surface area (Å²) in [6, 6.07) is 6.88. The topological polar surface area (TPSA) is 175 Å². The summed E-state index contributed by atoms with van der Waals surface area (Å²) in [7, 11) is 1.69. The number of nitrogens with zero attached hydrogens (tertiary/aromatic N) is 9. The van der Waals surface area contributed by atoms with Crippen molar-refractivity contribution in [1.82, 2.24) is 43.7 Å². The molecule has 19 heteroatoms. The van der Waals surface area contributed by atoms with Crippen molar-refractivity contribution in [2.24, 2.45) is 18.4 Å². The Balaban J connectivity index is 0.671. The molecule has 3 amide bonds. The molecule has 6 fully saturated rings. The van der Waals surface area contributed by atoms with Crippen LogP contribution in [0.2, 0.25) is 0 Å². The number of hydrogen-bond acceptors (Lipinski definition) is 11. The lowest BCUT2D eigenvalue weighted by molar-refractivity contribution is -0.135. The highest BCUT2D eigenvalue weighted by Crippen LogP contribution is 2.51. The van der Waals surface area contributed by atoms with E-state index in [-0.39, 0.29) is 65.4 Å². The molecule has 1 spiro atoms. The third kappa shape index (κ3) is 7.16. The molecule has 5 aromatic rings. The first kappa shape index (κ1) is 40.1. The van der Waals surface area contributed by atoms with Crippen molar-refractivity contribution in [2.75, 3.05) is 43.0 Å². The molecule has 2 aliphatic carbocycles.